The highest BCUT2D eigenvalue weighted by molar-refractivity contribution is 5.46. The van der Waals surface area contributed by atoms with E-state index in [1.807, 2.05) is 0 Å². The van der Waals surface area contributed by atoms with Gasteiger partial charge in [-0.25, -0.2) is 0 Å². The summed E-state index contributed by atoms with van der Waals surface area (Å²) in [4.78, 5) is 2.12. The molecule has 1 fully saturated rings. The zero-order chi connectivity index (χ0) is 13.2. The van der Waals surface area contributed by atoms with Crippen molar-refractivity contribution in [2.75, 3.05) is 38.8 Å². The van der Waals surface area contributed by atoms with Gasteiger partial charge in [0, 0.05) is 37.8 Å². The zero-order valence-corrected chi connectivity index (χ0v) is 11.9. The van der Waals surface area contributed by atoms with Crippen LogP contribution < -0.4 is 10.2 Å². The first-order valence-electron chi connectivity index (χ1n) is 6.59. The topological polar surface area (TPSA) is 24.5 Å². The van der Waals surface area contributed by atoms with E-state index in [9.17, 15) is 0 Å². The third-order valence-corrected chi connectivity index (χ3v) is 3.65. The smallest absolute Gasteiger partial charge is 0.0554 e. The van der Waals surface area contributed by atoms with Gasteiger partial charge in [-0.2, -0.15) is 0 Å². The molecule has 0 spiro atoms. The molecule has 0 bridgehead atoms. The minimum Gasteiger partial charge on any atom is -0.380 e. The summed E-state index contributed by atoms with van der Waals surface area (Å²) in [6, 6.07) is 9.13. The summed E-state index contributed by atoms with van der Waals surface area (Å²) < 4.78 is 5.27. The predicted octanol–water partition coefficient (Wildman–Crippen LogP) is 2.44. The highest BCUT2D eigenvalue weighted by Gasteiger charge is 2.33. The number of nitrogens with one attached hydrogen (secondary N) is 1. The molecule has 3 nitrogen and oxygen atoms in total. The highest BCUT2D eigenvalue weighted by Crippen LogP contribution is 2.26. The average molecular weight is 248 g/mol. The number of benzene rings is 1. The van der Waals surface area contributed by atoms with Crippen LogP contribution in [0.15, 0.2) is 24.3 Å². The third-order valence-electron chi connectivity index (χ3n) is 3.65. The largest absolute Gasteiger partial charge is 0.380 e. The monoisotopic (exact) mass is 248 g/mol. The molecule has 100 valence electrons. The maximum Gasteiger partial charge on any atom is 0.0554 e. The van der Waals surface area contributed by atoms with Crippen molar-refractivity contribution in [3.8, 4) is 0 Å². The first kappa shape index (κ1) is 13.4. The number of nitrogens with zero attached hydrogens (tertiary/aromatic N) is 1. The van der Waals surface area contributed by atoms with E-state index < -0.39 is 0 Å². The average Bonchev–Trinajstić information content (AvgIpc) is 2.33. The summed E-state index contributed by atoms with van der Waals surface area (Å²) >= 11 is 0. The first-order chi connectivity index (χ1) is 8.50. The van der Waals surface area contributed by atoms with Gasteiger partial charge in [0.2, 0.25) is 0 Å². The van der Waals surface area contributed by atoms with Crippen LogP contribution in [0, 0.1) is 5.41 Å². The Morgan fingerprint density at radius 2 is 1.89 bits per heavy atom. The molecular formula is C15H24N2O. The molecule has 1 atom stereocenters. The molecule has 1 aromatic carbocycles. The lowest BCUT2D eigenvalue weighted by Crippen LogP contribution is -2.47. The molecule has 1 unspecified atom stereocenters. The Bertz CT molecular complexity index is 382. The standard InChI is InChI=1S/C15H24N2O/c1-12(16-9-15(2)10-18-11-15)13-5-7-14(8-6-13)17(3)4/h5-8,12,16H,9-11H2,1-4H3. The fraction of sp³-hybridized carbons (Fsp3) is 0.600. The van der Waals surface area contributed by atoms with Crippen LogP contribution in [0.25, 0.3) is 0 Å². The van der Waals surface area contributed by atoms with E-state index in [0.29, 0.717) is 11.5 Å². The molecule has 0 saturated carbocycles. The molecule has 1 aliphatic rings. The fourth-order valence-corrected chi connectivity index (χ4v) is 2.13. The van der Waals surface area contributed by atoms with Crippen molar-refractivity contribution in [1.29, 1.82) is 0 Å². The normalized spacial score (nSPS) is 19.1. The Balaban J connectivity index is 1.90. The fourth-order valence-electron chi connectivity index (χ4n) is 2.13. The van der Waals surface area contributed by atoms with Crippen molar-refractivity contribution in [3.63, 3.8) is 0 Å². The summed E-state index contributed by atoms with van der Waals surface area (Å²) in [6.45, 7) is 7.26. The third kappa shape index (κ3) is 3.03. The molecule has 3 heteroatoms. The molecule has 1 aliphatic heterocycles. The minimum atomic E-state index is 0.331. The van der Waals surface area contributed by atoms with E-state index in [4.69, 9.17) is 4.74 Å². The Morgan fingerprint density at radius 3 is 2.33 bits per heavy atom. The molecular weight excluding hydrogens is 224 g/mol. The van der Waals surface area contributed by atoms with Gasteiger partial charge in [-0.3, -0.25) is 0 Å². The van der Waals surface area contributed by atoms with Gasteiger partial charge in [-0.15, -0.1) is 0 Å². The van der Waals surface area contributed by atoms with Gasteiger partial charge < -0.3 is 15.0 Å². The van der Waals surface area contributed by atoms with Gasteiger partial charge in [-0.05, 0) is 24.6 Å². The van der Waals surface area contributed by atoms with Crippen molar-refractivity contribution < 1.29 is 4.74 Å². The van der Waals surface area contributed by atoms with Gasteiger partial charge in [0.15, 0.2) is 0 Å². The molecule has 0 aromatic heterocycles. The molecule has 18 heavy (non-hydrogen) atoms. The van der Waals surface area contributed by atoms with Crippen LogP contribution in [0.3, 0.4) is 0 Å². The lowest BCUT2D eigenvalue weighted by molar-refractivity contribution is -0.0999. The van der Waals surface area contributed by atoms with Crippen LogP contribution in [0.4, 0.5) is 5.69 Å². The Labute approximate surface area is 110 Å². The SMILES string of the molecule is CC(NCC1(C)COC1)c1ccc(N(C)C)cc1. The maximum absolute atomic E-state index is 5.27. The van der Waals surface area contributed by atoms with Crippen molar-refractivity contribution in [3.05, 3.63) is 29.8 Å². The summed E-state index contributed by atoms with van der Waals surface area (Å²) in [6.07, 6.45) is 0. The second-order valence-corrected chi connectivity index (χ2v) is 5.89. The Hall–Kier alpha value is -1.06. The van der Waals surface area contributed by atoms with Crippen molar-refractivity contribution >= 4 is 5.69 Å². The molecule has 0 amide bonds. The second-order valence-electron chi connectivity index (χ2n) is 5.89. The van der Waals surface area contributed by atoms with Gasteiger partial charge >= 0.3 is 0 Å². The Morgan fingerprint density at radius 1 is 1.28 bits per heavy atom. The van der Waals surface area contributed by atoms with Crippen LogP contribution in [0.1, 0.15) is 25.5 Å². The van der Waals surface area contributed by atoms with Crippen LogP contribution in [-0.2, 0) is 4.74 Å². The van der Waals surface area contributed by atoms with Crippen molar-refractivity contribution in [2.45, 2.75) is 19.9 Å². The second kappa shape index (κ2) is 5.29. The number of rotatable bonds is 5. The van der Waals surface area contributed by atoms with E-state index in [2.05, 4.69) is 62.4 Å². The lowest BCUT2D eigenvalue weighted by Gasteiger charge is -2.39. The van der Waals surface area contributed by atoms with Gasteiger partial charge in [0.05, 0.1) is 13.2 Å². The van der Waals surface area contributed by atoms with E-state index in [0.717, 1.165) is 19.8 Å². The van der Waals surface area contributed by atoms with E-state index in [-0.39, 0.29) is 0 Å². The number of anilines is 1. The summed E-state index contributed by atoms with van der Waals surface area (Å²) in [7, 11) is 4.13. The summed E-state index contributed by atoms with van der Waals surface area (Å²) in [5.41, 5.74) is 2.91. The molecule has 1 aromatic rings. The molecule has 2 rings (SSSR count). The zero-order valence-electron chi connectivity index (χ0n) is 11.9. The summed E-state index contributed by atoms with van der Waals surface area (Å²) in [5, 5.41) is 3.60. The quantitative estimate of drug-likeness (QED) is 0.866. The Kier molecular flexibility index (Phi) is 3.93. The van der Waals surface area contributed by atoms with E-state index in [1.165, 1.54) is 11.3 Å². The summed E-state index contributed by atoms with van der Waals surface area (Å²) in [5.74, 6) is 0. The highest BCUT2D eigenvalue weighted by atomic mass is 16.5. The van der Waals surface area contributed by atoms with Gasteiger partial charge in [0.25, 0.3) is 0 Å². The van der Waals surface area contributed by atoms with E-state index in [1.54, 1.807) is 0 Å². The van der Waals surface area contributed by atoms with Crippen LogP contribution in [-0.4, -0.2) is 33.9 Å². The first-order valence-corrected chi connectivity index (χ1v) is 6.59. The number of hydrogen-bond acceptors (Lipinski definition) is 3. The van der Waals surface area contributed by atoms with Crippen molar-refractivity contribution in [2.24, 2.45) is 5.41 Å². The van der Waals surface area contributed by atoms with E-state index >= 15 is 0 Å². The molecule has 0 aliphatic carbocycles. The number of hydrogen-bond donors (Lipinski definition) is 1. The predicted molar refractivity (Wildman–Crippen MR) is 76.1 cm³/mol. The molecule has 1 saturated heterocycles. The number of ether oxygens (including phenoxy) is 1. The molecule has 1 N–H and O–H groups in total. The minimum absolute atomic E-state index is 0.331. The molecule has 0 radical (unpaired) electrons. The maximum atomic E-state index is 5.27. The molecule has 1 heterocycles. The van der Waals surface area contributed by atoms with Crippen LogP contribution in [0.5, 0.6) is 0 Å². The van der Waals surface area contributed by atoms with Crippen LogP contribution in [0.2, 0.25) is 0 Å². The van der Waals surface area contributed by atoms with Crippen LogP contribution >= 0.6 is 0 Å². The van der Waals surface area contributed by atoms with Gasteiger partial charge in [-0.1, -0.05) is 19.1 Å². The van der Waals surface area contributed by atoms with Crippen molar-refractivity contribution in [1.82, 2.24) is 5.32 Å². The van der Waals surface area contributed by atoms with Gasteiger partial charge in [0.1, 0.15) is 0 Å². The lowest BCUT2D eigenvalue weighted by atomic mass is 9.88.